The summed E-state index contributed by atoms with van der Waals surface area (Å²) in [7, 11) is 1.42. The van der Waals surface area contributed by atoms with Crippen LogP contribution in [-0.2, 0) is 25.6 Å². The molecule has 4 heteroatoms. The van der Waals surface area contributed by atoms with E-state index in [2.05, 4.69) is 4.74 Å². The third kappa shape index (κ3) is 8.67. The Morgan fingerprint density at radius 2 is 1.70 bits per heavy atom. The Morgan fingerprint density at radius 3 is 2.45 bits per heavy atom. The van der Waals surface area contributed by atoms with Gasteiger partial charge in [0, 0.05) is 13.0 Å². The molecule has 0 radical (unpaired) electrons. The molecule has 1 rings (SSSR count). The fraction of sp³-hybridized carbons (Fsp3) is 0.562. The van der Waals surface area contributed by atoms with Crippen LogP contribution in [0.4, 0.5) is 0 Å². The van der Waals surface area contributed by atoms with Gasteiger partial charge in [0.2, 0.25) is 0 Å². The molecule has 0 bridgehead atoms. The molecule has 20 heavy (non-hydrogen) atoms. The second-order valence-electron chi connectivity index (χ2n) is 4.54. The summed E-state index contributed by atoms with van der Waals surface area (Å²) < 4.78 is 15.5. The van der Waals surface area contributed by atoms with Crippen molar-refractivity contribution in [1.82, 2.24) is 0 Å². The summed E-state index contributed by atoms with van der Waals surface area (Å²) >= 11 is 0. The van der Waals surface area contributed by atoms with Crippen LogP contribution in [0.1, 0.15) is 31.2 Å². The van der Waals surface area contributed by atoms with Gasteiger partial charge in [0.15, 0.2) is 0 Å². The van der Waals surface area contributed by atoms with Gasteiger partial charge in [0.1, 0.15) is 0 Å². The summed E-state index contributed by atoms with van der Waals surface area (Å²) in [5.41, 5.74) is 1.18. The van der Waals surface area contributed by atoms with Crippen LogP contribution in [0, 0.1) is 0 Å². The molecule has 0 saturated heterocycles. The monoisotopic (exact) mass is 280 g/mol. The summed E-state index contributed by atoms with van der Waals surface area (Å²) in [6, 6.07) is 10.1. The normalized spacial score (nSPS) is 10.4. The lowest BCUT2D eigenvalue weighted by Gasteiger charge is -2.06. The second kappa shape index (κ2) is 11.4. The molecule has 0 heterocycles. The Labute approximate surface area is 121 Å². The van der Waals surface area contributed by atoms with Crippen molar-refractivity contribution in [3.8, 4) is 0 Å². The fourth-order valence-corrected chi connectivity index (χ4v) is 1.74. The molecule has 4 nitrogen and oxygen atoms in total. The molecular formula is C16H24O4. The lowest BCUT2D eigenvalue weighted by molar-refractivity contribution is -0.140. The van der Waals surface area contributed by atoms with Crippen LogP contribution in [-0.4, -0.2) is 32.9 Å². The molecule has 0 aliphatic heterocycles. The van der Waals surface area contributed by atoms with Gasteiger partial charge in [-0.1, -0.05) is 36.8 Å². The van der Waals surface area contributed by atoms with Crippen LogP contribution in [0.25, 0.3) is 0 Å². The van der Waals surface area contributed by atoms with E-state index >= 15 is 0 Å². The van der Waals surface area contributed by atoms with Crippen molar-refractivity contribution in [2.24, 2.45) is 0 Å². The SMILES string of the molecule is COC(=O)CCCCCOCCOCc1ccccc1. The van der Waals surface area contributed by atoms with Gasteiger partial charge in [-0.3, -0.25) is 4.79 Å². The number of methoxy groups -OCH3 is 1. The molecule has 0 amide bonds. The standard InChI is InChI=1S/C16H24O4/c1-18-16(17)10-6-3-7-11-19-12-13-20-14-15-8-4-2-5-9-15/h2,4-5,8-9H,3,6-7,10-14H2,1H3. The van der Waals surface area contributed by atoms with E-state index in [0.29, 0.717) is 26.2 Å². The summed E-state index contributed by atoms with van der Waals surface area (Å²) in [5.74, 6) is -0.139. The van der Waals surface area contributed by atoms with E-state index in [0.717, 1.165) is 25.9 Å². The van der Waals surface area contributed by atoms with Crippen molar-refractivity contribution >= 4 is 5.97 Å². The minimum Gasteiger partial charge on any atom is -0.469 e. The van der Waals surface area contributed by atoms with Crippen molar-refractivity contribution in [2.45, 2.75) is 32.3 Å². The topological polar surface area (TPSA) is 44.8 Å². The third-order valence-electron chi connectivity index (χ3n) is 2.88. The van der Waals surface area contributed by atoms with E-state index in [-0.39, 0.29) is 5.97 Å². The van der Waals surface area contributed by atoms with Gasteiger partial charge in [-0.05, 0) is 18.4 Å². The van der Waals surface area contributed by atoms with Gasteiger partial charge < -0.3 is 14.2 Å². The minimum atomic E-state index is -0.139. The molecule has 0 atom stereocenters. The van der Waals surface area contributed by atoms with E-state index in [1.54, 1.807) is 0 Å². The maximum absolute atomic E-state index is 10.9. The first-order valence-electron chi connectivity index (χ1n) is 7.09. The van der Waals surface area contributed by atoms with Crippen LogP contribution in [0.3, 0.4) is 0 Å². The minimum absolute atomic E-state index is 0.139. The number of carbonyl (C=O) groups excluding carboxylic acids is 1. The molecule has 1 aromatic rings. The predicted octanol–water partition coefficient (Wildman–Crippen LogP) is 2.95. The molecule has 0 unspecified atom stereocenters. The highest BCUT2D eigenvalue weighted by atomic mass is 16.5. The maximum Gasteiger partial charge on any atom is 0.305 e. The number of rotatable bonds is 11. The van der Waals surface area contributed by atoms with Crippen LogP contribution in [0.15, 0.2) is 30.3 Å². The number of esters is 1. The first kappa shape index (κ1) is 16.7. The largest absolute Gasteiger partial charge is 0.469 e. The van der Waals surface area contributed by atoms with E-state index in [4.69, 9.17) is 9.47 Å². The summed E-state index contributed by atoms with van der Waals surface area (Å²) in [4.78, 5) is 10.9. The number of carbonyl (C=O) groups is 1. The van der Waals surface area contributed by atoms with Gasteiger partial charge in [-0.2, -0.15) is 0 Å². The van der Waals surface area contributed by atoms with E-state index < -0.39 is 0 Å². The zero-order valence-electron chi connectivity index (χ0n) is 12.2. The predicted molar refractivity (Wildman–Crippen MR) is 77.4 cm³/mol. The lowest BCUT2D eigenvalue weighted by Crippen LogP contribution is -2.05. The lowest BCUT2D eigenvalue weighted by atomic mass is 10.2. The molecule has 0 spiro atoms. The number of ether oxygens (including phenoxy) is 3. The van der Waals surface area contributed by atoms with Crippen LogP contribution in [0.5, 0.6) is 0 Å². The van der Waals surface area contributed by atoms with Crippen molar-refractivity contribution in [1.29, 1.82) is 0 Å². The fourth-order valence-electron chi connectivity index (χ4n) is 1.74. The Kier molecular flexibility index (Phi) is 9.53. The molecule has 1 aromatic carbocycles. The quantitative estimate of drug-likeness (QED) is 0.462. The van der Waals surface area contributed by atoms with Crippen LogP contribution >= 0.6 is 0 Å². The number of hydrogen-bond acceptors (Lipinski definition) is 4. The molecule has 112 valence electrons. The zero-order valence-corrected chi connectivity index (χ0v) is 12.2. The number of hydrogen-bond donors (Lipinski definition) is 0. The van der Waals surface area contributed by atoms with Crippen LogP contribution in [0.2, 0.25) is 0 Å². The molecule has 0 aliphatic rings. The van der Waals surface area contributed by atoms with Gasteiger partial charge in [0.05, 0.1) is 26.9 Å². The Morgan fingerprint density at radius 1 is 0.950 bits per heavy atom. The van der Waals surface area contributed by atoms with E-state index in [1.807, 2.05) is 30.3 Å². The summed E-state index contributed by atoms with van der Waals surface area (Å²) in [6.07, 6.45) is 3.31. The van der Waals surface area contributed by atoms with Gasteiger partial charge in [0.25, 0.3) is 0 Å². The highest BCUT2D eigenvalue weighted by Gasteiger charge is 1.99. The zero-order chi connectivity index (χ0) is 14.5. The molecule has 0 N–H and O–H groups in total. The average molecular weight is 280 g/mol. The summed E-state index contributed by atoms with van der Waals surface area (Å²) in [5, 5.41) is 0. The first-order valence-corrected chi connectivity index (χ1v) is 7.09. The number of benzene rings is 1. The highest BCUT2D eigenvalue weighted by molar-refractivity contribution is 5.68. The van der Waals surface area contributed by atoms with Crippen molar-refractivity contribution in [3.05, 3.63) is 35.9 Å². The second-order valence-corrected chi connectivity index (χ2v) is 4.54. The Bertz CT molecular complexity index is 351. The highest BCUT2D eigenvalue weighted by Crippen LogP contribution is 2.02. The third-order valence-corrected chi connectivity index (χ3v) is 2.88. The Balaban J connectivity index is 1.82. The molecule has 0 aromatic heterocycles. The Hall–Kier alpha value is -1.39. The summed E-state index contributed by atoms with van der Waals surface area (Å²) in [6.45, 7) is 2.57. The first-order chi connectivity index (χ1) is 9.83. The van der Waals surface area contributed by atoms with Crippen molar-refractivity contribution in [2.75, 3.05) is 26.9 Å². The average Bonchev–Trinajstić information content (AvgIpc) is 2.50. The smallest absolute Gasteiger partial charge is 0.305 e. The maximum atomic E-state index is 10.9. The van der Waals surface area contributed by atoms with Gasteiger partial charge in [-0.25, -0.2) is 0 Å². The van der Waals surface area contributed by atoms with Crippen LogP contribution < -0.4 is 0 Å². The van der Waals surface area contributed by atoms with Gasteiger partial charge >= 0.3 is 5.97 Å². The van der Waals surface area contributed by atoms with Crippen molar-refractivity contribution < 1.29 is 19.0 Å². The molecule has 0 saturated carbocycles. The van der Waals surface area contributed by atoms with Gasteiger partial charge in [-0.15, -0.1) is 0 Å². The van der Waals surface area contributed by atoms with E-state index in [1.165, 1.54) is 12.7 Å². The van der Waals surface area contributed by atoms with E-state index in [9.17, 15) is 4.79 Å². The number of unbranched alkanes of at least 4 members (excludes halogenated alkanes) is 2. The van der Waals surface area contributed by atoms with Crippen molar-refractivity contribution in [3.63, 3.8) is 0 Å². The molecule has 0 aliphatic carbocycles. The molecule has 0 fully saturated rings. The molecular weight excluding hydrogens is 256 g/mol.